The highest BCUT2D eigenvalue weighted by Gasteiger charge is 2.18. The molecule has 0 heterocycles. The van der Waals surface area contributed by atoms with Crippen molar-refractivity contribution in [1.29, 1.82) is 0 Å². The quantitative estimate of drug-likeness (QED) is 0.534. The van der Waals surface area contributed by atoms with Crippen LogP contribution in [0.3, 0.4) is 0 Å². The molecule has 2 aromatic rings. The van der Waals surface area contributed by atoms with Gasteiger partial charge in [0.15, 0.2) is 0 Å². The topological polar surface area (TPSA) is 97.5 Å². The van der Waals surface area contributed by atoms with E-state index < -0.39 is 10.9 Å². The maximum atomic E-state index is 11.1. The molecule has 0 bridgehead atoms. The molecule has 2 aromatic carbocycles. The van der Waals surface area contributed by atoms with E-state index in [-0.39, 0.29) is 16.8 Å². The van der Waals surface area contributed by atoms with Crippen molar-refractivity contribution in [3.63, 3.8) is 0 Å². The number of nitro groups is 1. The van der Waals surface area contributed by atoms with E-state index in [1.165, 1.54) is 6.07 Å². The summed E-state index contributed by atoms with van der Waals surface area (Å²) in [6.07, 6.45) is 0. The van der Waals surface area contributed by atoms with Crippen molar-refractivity contribution < 1.29 is 19.6 Å². The Balaban J connectivity index is 0.000000541. The molecule has 0 aliphatic heterocycles. The first-order chi connectivity index (χ1) is 10.5. The molecule has 2 rings (SSSR count). The van der Waals surface area contributed by atoms with Crippen LogP contribution in [0.4, 0.5) is 5.69 Å². The number of carboxylic acid groups (broad SMARTS) is 1. The highest BCUT2D eigenvalue weighted by molar-refractivity contribution is 5.99. The van der Waals surface area contributed by atoms with E-state index >= 15 is 0 Å². The molecule has 0 radical (unpaired) electrons. The third kappa shape index (κ3) is 4.70. The molecule has 0 spiro atoms. The monoisotopic (exact) mass is 299 g/mol. The third-order valence-electron chi connectivity index (χ3n) is 2.53. The van der Waals surface area contributed by atoms with Crippen LogP contribution in [0.15, 0.2) is 54.6 Å². The summed E-state index contributed by atoms with van der Waals surface area (Å²) in [5.41, 5.74) is 0.994. The van der Waals surface area contributed by atoms with Crippen molar-refractivity contribution in [2.75, 3.05) is 0 Å². The Morgan fingerprint density at radius 2 is 1.59 bits per heavy atom. The van der Waals surface area contributed by atoms with Gasteiger partial charge >= 0.3 is 0 Å². The van der Waals surface area contributed by atoms with Crippen LogP contribution >= 0.6 is 0 Å². The second-order valence-corrected chi connectivity index (χ2v) is 4.14. The average molecular weight is 299 g/mol. The molecule has 0 saturated heterocycles. The van der Waals surface area contributed by atoms with Crippen molar-refractivity contribution in [3.8, 4) is 0 Å². The summed E-state index contributed by atoms with van der Waals surface area (Å²) in [4.78, 5) is 30.5. The van der Waals surface area contributed by atoms with E-state index in [1.807, 2.05) is 6.07 Å². The lowest BCUT2D eigenvalue weighted by atomic mass is 9.98. The fraction of sp³-hybridized carbons (Fsp3) is 0.0625. The predicted molar refractivity (Wildman–Crippen MR) is 81.1 cm³/mol. The number of para-hydroxylation sites is 1. The van der Waals surface area contributed by atoms with E-state index in [0.29, 0.717) is 5.56 Å². The van der Waals surface area contributed by atoms with Gasteiger partial charge in [-0.05, 0) is 11.6 Å². The third-order valence-corrected chi connectivity index (χ3v) is 2.53. The number of rotatable bonds is 3. The van der Waals surface area contributed by atoms with Crippen molar-refractivity contribution in [1.82, 2.24) is 0 Å². The minimum atomic E-state index is -0.833. The lowest BCUT2D eigenvalue weighted by molar-refractivity contribution is -0.385. The van der Waals surface area contributed by atoms with E-state index in [2.05, 4.69) is 0 Å². The molecule has 6 nitrogen and oxygen atoms in total. The number of benzene rings is 2. The molecule has 1 N–H and O–H groups in total. The number of nitrogens with zero attached hydrogens (tertiary/aromatic N) is 1. The van der Waals surface area contributed by atoms with Crippen molar-refractivity contribution in [2.24, 2.45) is 0 Å². The summed E-state index contributed by atoms with van der Waals surface area (Å²) >= 11 is 0. The lowest BCUT2D eigenvalue weighted by Crippen LogP contribution is -1.96. The fourth-order valence-corrected chi connectivity index (χ4v) is 1.72. The van der Waals surface area contributed by atoms with Gasteiger partial charge in [0, 0.05) is 13.0 Å². The van der Waals surface area contributed by atoms with Gasteiger partial charge in [0.25, 0.3) is 11.7 Å². The van der Waals surface area contributed by atoms with Gasteiger partial charge in [-0.15, -0.1) is 0 Å². The van der Waals surface area contributed by atoms with Crippen molar-refractivity contribution in [3.05, 3.63) is 75.8 Å². The molecule has 0 atom stereocenters. The predicted octanol–water partition coefficient (Wildman–Crippen LogP) is 2.95. The number of nitro benzene ring substituents is 1. The number of hydrogen-bond acceptors (Lipinski definition) is 4. The van der Waals surface area contributed by atoms with E-state index in [9.17, 15) is 14.9 Å². The number of aliphatic carboxylic acids is 1. The summed E-state index contributed by atoms with van der Waals surface area (Å²) < 4.78 is 0. The molecule has 112 valence electrons. The summed E-state index contributed by atoms with van der Waals surface area (Å²) in [5.74, 6) is 0.959. The molecule has 0 fully saturated rings. The molecule has 0 saturated carbocycles. The first kappa shape index (κ1) is 16.8. The van der Waals surface area contributed by atoms with Gasteiger partial charge in [0.2, 0.25) is 0 Å². The molecule has 0 unspecified atom stereocenters. The van der Waals surface area contributed by atoms with Gasteiger partial charge in [-0.3, -0.25) is 14.9 Å². The minimum Gasteiger partial charge on any atom is -0.481 e. The number of carbonyl (C=O) groups is 1. The van der Waals surface area contributed by atoms with Crippen LogP contribution in [0.1, 0.15) is 18.1 Å². The molecule has 0 amide bonds. The Bertz CT molecular complexity index is 714. The maximum absolute atomic E-state index is 11.1. The van der Waals surface area contributed by atoms with Gasteiger partial charge < -0.3 is 5.11 Å². The highest BCUT2D eigenvalue weighted by atomic mass is 16.6. The van der Waals surface area contributed by atoms with Gasteiger partial charge in [-0.2, -0.15) is 0 Å². The Labute approximate surface area is 126 Å². The Hall–Kier alpha value is -3.24. The zero-order valence-corrected chi connectivity index (χ0v) is 11.7. The van der Waals surface area contributed by atoms with Crippen LogP contribution in [0.2, 0.25) is 0 Å². The first-order valence-corrected chi connectivity index (χ1v) is 6.21. The number of carbonyl (C=O) groups excluding carboxylic acids is 1. The van der Waals surface area contributed by atoms with Crippen LogP contribution < -0.4 is 0 Å². The number of carboxylic acids is 1. The second kappa shape index (κ2) is 8.14. The van der Waals surface area contributed by atoms with Crippen LogP contribution in [-0.4, -0.2) is 21.9 Å². The lowest BCUT2D eigenvalue weighted by Gasteiger charge is -2.04. The van der Waals surface area contributed by atoms with Gasteiger partial charge in [0.05, 0.1) is 16.1 Å². The van der Waals surface area contributed by atoms with Gasteiger partial charge in [-0.1, -0.05) is 42.5 Å². The zero-order valence-electron chi connectivity index (χ0n) is 11.7. The van der Waals surface area contributed by atoms with Crippen molar-refractivity contribution >= 4 is 23.2 Å². The van der Waals surface area contributed by atoms with Crippen LogP contribution in [-0.2, 0) is 9.59 Å². The van der Waals surface area contributed by atoms with E-state index in [1.54, 1.807) is 48.4 Å². The smallest absolute Gasteiger partial charge is 0.300 e. The summed E-state index contributed by atoms with van der Waals surface area (Å²) in [5, 5.41) is 18.4. The molecule has 22 heavy (non-hydrogen) atoms. The van der Waals surface area contributed by atoms with Gasteiger partial charge in [0.1, 0.15) is 5.94 Å². The normalized spacial score (nSPS) is 8.95. The molecule has 6 heteroatoms. The Morgan fingerprint density at radius 3 is 2.09 bits per heavy atom. The Morgan fingerprint density at radius 1 is 1.09 bits per heavy atom. The van der Waals surface area contributed by atoms with Gasteiger partial charge in [-0.25, -0.2) is 4.79 Å². The Kier molecular flexibility index (Phi) is 6.22. The second-order valence-electron chi connectivity index (χ2n) is 4.14. The summed E-state index contributed by atoms with van der Waals surface area (Å²) in [6.45, 7) is 1.08. The molecular formula is C16H13NO5. The van der Waals surface area contributed by atoms with E-state index in [0.717, 1.165) is 6.92 Å². The largest absolute Gasteiger partial charge is 0.481 e. The van der Waals surface area contributed by atoms with Crippen LogP contribution in [0.25, 0.3) is 5.57 Å². The van der Waals surface area contributed by atoms with Crippen molar-refractivity contribution in [2.45, 2.75) is 6.92 Å². The zero-order chi connectivity index (χ0) is 16.5. The number of hydrogen-bond donors (Lipinski definition) is 1. The first-order valence-electron chi connectivity index (χ1n) is 6.21. The standard InChI is InChI=1S/C14H9NO3.C2H4O2/c16-10-13(11-6-2-1-3-7-11)12-8-4-5-9-14(12)15(17)18;1-2(3)4/h1-9H;1H3,(H,3,4). The maximum Gasteiger partial charge on any atom is 0.300 e. The highest BCUT2D eigenvalue weighted by Crippen LogP contribution is 2.28. The minimum absolute atomic E-state index is 0.0975. The molecular weight excluding hydrogens is 286 g/mol. The molecule has 0 aliphatic carbocycles. The summed E-state index contributed by atoms with van der Waals surface area (Å²) in [6, 6.07) is 14.9. The van der Waals surface area contributed by atoms with Crippen LogP contribution in [0, 0.1) is 10.1 Å². The summed E-state index contributed by atoms with van der Waals surface area (Å²) in [7, 11) is 0. The fourth-order valence-electron chi connectivity index (χ4n) is 1.72. The van der Waals surface area contributed by atoms with E-state index in [4.69, 9.17) is 9.90 Å². The molecule has 0 aliphatic rings. The van der Waals surface area contributed by atoms with Crippen LogP contribution in [0.5, 0.6) is 0 Å². The molecule has 0 aromatic heterocycles. The average Bonchev–Trinajstić information content (AvgIpc) is 2.49. The SMILES string of the molecule is CC(=O)O.O=C=C(c1ccccc1)c1ccccc1[N+](=O)[O-].